The Balaban J connectivity index is 1.57. The molecule has 232 valence electrons. The van der Waals surface area contributed by atoms with Gasteiger partial charge in [0.2, 0.25) is 10.0 Å². The summed E-state index contributed by atoms with van der Waals surface area (Å²) < 4.78 is 67.5. The van der Waals surface area contributed by atoms with Crippen molar-refractivity contribution in [2.75, 3.05) is 6.26 Å². The van der Waals surface area contributed by atoms with E-state index in [2.05, 4.69) is 10.3 Å². The molecular weight excluding hydrogens is 627 g/mol. The van der Waals surface area contributed by atoms with Gasteiger partial charge in [-0.2, -0.15) is 13.2 Å². The summed E-state index contributed by atoms with van der Waals surface area (Å²) in [6.45, 7) is 1.92. The van der Waals surface area contributed by atoms with E-state index in [1.165, 1.54) is 29.2 Å². The second-order valence-corrected chi connectivity index (χ2v) is 13.1. The van der Waals surface area contributed by atoms with Crippen molar-refractivity contribution in [3.63, 3.8) is 0 Å². The number of rotatable bonds is 7. The number of aromatic nitrogens is 5. The number of para-hydroxylation sites is 1. The standard InChI is InChI=1S/C32H27ClF3N5O3S/c1-4-26-23(15-19-9-11-20(12-10-19)32(34,35)36)30(33)24-16-21(13-14-27(24)38-26)31(42,29-17-37-39-40(29)2)25-18-41(45(3,43)44)28-8-6-5-7-22(25)28/h5-14,16-18,42H,4,15H2,1-3H3. The highest BCUT2D eigenvalue weighted by Gasteiger charge is 2.41. The minimum atomic E-state index is -4.44. The van der Waals surface area contributed by atoms with Crippen LogP contribution in [0.5, 0.6) is 0 Å². The Hall–Kier alpha value is -4.26. The van der Waals surface area contributed by atoms with Crippen LogP contribution in [0.2, 0.25) is 5.02 Å². The van der Waals surface area contributed by atoms with Gasteiger partial charge >= 0.3 is 6.18 Å². The van der Waals surface area contributed by atoms with Gasteiger partial charge in [0.15, 0.2) is 5.60 Å². The molecule has 0 spiro atoms. The molecule has 0 aliphatic rings. The molecule has 1 unspecified atom stereocenters. The summed E-state index contributed by atoms with van der Waals surface area (Å²) >= 11 is 7.05. The molecule has 0 fully saturated rings. The molecule has 6 rings (SSSR count). The molecule has 1 N–H and O–H groups in total. The quantitative estimate of drug-likeness (QED) is 0.219. The van der Waals surface area contributed by atoms with Crippen molar-refractivity contribution in [2.24, 2.45) is 7.05 Å². The zero-order valence-corrected chi connectivity index (χ0v) is 25.9. The van der Waals surface area contributed by atoms with Crippen LogP contribution in [0, 0.1) is 0 Å². The minimum absolute atomic E-state index is 0.241. The first-order valence-corrected chi connectivity index (χ1v) is 16.1. The zero-order valence-electron chi connectivity index (χ0n) is 24.3. The Morgan fingerprint density at radius 1 is 0.978 bits per heavy atom. The fourth-order valence-corrected chi connectivity index (χ4v) is 6.94. The Bertz CT molecular complexity index is 2190. The molecule has 0 radical (unpaired) electrons. The average Bonchev–Trinajstić information content (AvgIpc) is 3.62. The van der Waals surface area contributed by atoms with Crippen molar-refractivity contribution in [1.82, 2.24) is 24.0 Å². The summed E-state index contributed by atoms with van der Waals surface area (Å²) in [7, 11) is -2.13. The molecule has 0 aliphatic carbocycles. The molecular formula is C32H27ClF3N5O3S. The zero-order chi connectivity index (χ0) is 32.3. The van der Waals surface area contributed by atoms with Crippen LogP contribution in [-0.4, -0.2) is 43.7 Å². The van der Waals surface area contributed by atoms with E-state index in [0.717, 1.165) is 22.4 Å². The van der Waals surface area contributed by atoms with Gasteiger partial charge in [-0.25, -0.2) is 17.1 Å². The van der Waals surface area contributed by atoms with Gasteiger partial charge in [0, 0.05) is 41.7 Å². The Kier molecular flexibility index (Phi) is 7.50. The molecule has 6 aromatic rings. The van der Waals surface area contributed by atoms with Crippen LogP contribution in [0.1, 0.15) is 46.1 Å². The highest BCUT2D eigenvalue weighted by molar-refractivity contribution is 7.89. The summed E-state index contributed by atoms with van der Waals surface area (Å²) in [6, 6.07) is 16.9. The van der Waals surface area contributed by atoms with Crippen molar-refractivity contribution in [1.29, 1.82) is 0 Å². The number of aliphatic hydroxyl groups is 1. The van der Waals surface area contributed by atoms with Crippen LogP contribution in [0.4, 0.5) is 13.2 Å². The number of aryl methyl sites for hydroxylation is 2. The molecule has 3 aromatic heterocycles. The number of halogens is 4. The van der Waals surface area contributed by atoms with Crippen LogP contribution in [0.15, 0.2) is 79.1 Å². The number of hydrogen-bond donors (Lipinski definition) is 1. The molecule has 8 nitrogen and oxygen atoms in total. The molecule has 0 amide bonds. The fourth-order valence-electron chi connectivity index (χ4n) is 5.80. The minimum Gasteiger partial charge on any atom is -0.374 e. The summed E-state index contributed by atoms with van der Waals surface area (Å²) in [5.74, 6) is 0. The normalized spacial score (nSPS) is 13.9. The van der Waals surface area contributed by atoms with Crippen molar-refractivity contribution in [2.45, 2.75) is 31.5 Å². The molecule has 0 saturated carbocycles. The first-order valence-electron chi connectivity index (χ1n) is 13.9. The summed E-state index contributed by atoms with van der Waals surface area (Å²) in [5, 5.41) is 22.1. The molecule has 1 atom stereocenters. The SMILES string of the molecule is CCc1nc2ccc(C(O)(c3cn(S(C)(=O)=O)c4ccccc34)c3cnnn3C)cc2c(Cl)c1Cc1ccc(C(F)(F)F)cc1. The number of pyridine rings is 1. The molecule has 0 bridgehead atoms. The van der Waals surface area contributed by atoms with Gasteiger partial charge in [-0.1, -0.05) is 60.1 Å². The largest absolute Gasteiger partial charge is 0.416 e. The van der Waals surface area contributed by atoms with Gasteiger partial charge in [-0.3, -0.25) is 4.98 Å². The van der Waals surface area contributed by atoms with E-state index in [1.54, 1.807) is 49.5 Å². The fraction of sp³-hybridized carbons (Fsp3) is 0.219. The van der Waals surface area contributed by atoms with E-state index in [4.69, 9.17) is 16.6 Å². The molecule has 3 aromatic carbocycles. The topological polar surface area (TPSA) is 103 Å². The van der Waals surface area contributed by atoms with E-state index in [0.29, 0.717) is 55.6 Å². The van der Waals surface area contributed by atoms with Gasteiger partial charge in [0.1, 0.15) is 0 Å². The van der Waals surface area contributed by atoms with Crippen LogP contribution >= 0.6 is 11.6 Å². The molecule has 13 heteroatoms. The van der Waals surface area contributed by atoms with E-state index < -0.39 is 27.4 Å². The second kappa shape index (κ2) is 11.0. The van der Waals surface area contributed by atoms with Crippen LogP contribution in [0.3, 0.4) is 0 Å². The Morgan fingerprint density at radius 2 is 1.67 bits per heavy atom. The third kappa shape index (κ3) is 5.26. The lowest BCUT2D eigenvalue weighted by molar-refractivity contribution is -0.137. The maximum atomic E-state index is 13.1. The monoisotopic (exact) mass is 653 g/mol. The number of fused-ring (bicyclic) bond motifs is 2. The van der Waals surface area contributed by atoms with E-state index in [9.17, 15) is 26.7 Å². The van der Waals surface area contributed by atoms with Gasteiger partial charge in [0.25, 0.3) is 0 Å². The summed E-state index contributed by atoms with van der Waals surface area (Å²) in [4.78, 5) is 4.81. The van der Waals surface area contributed by atoms with Gasteiger partial charge in [-0.05, 0) is 53.4 Å². The number of alkyl halides is 3. The molecule has 0 aliphatic heterocycles. The maximum Gasteiger partial charge on any atom is 0.416 e. The molecule has 3 heterocycles. The highest BCUT2D eigenvalue weighted by Crippen LogP contribution is 2.43. The third-order valence-corrected chi connectivity index (χ3v) is 9.48. The second-order valence-electron chi connectivity index (χ2n) is 10.9. The van der Waals surface area contributed by atoms with Crippen LogP contribution in [0.25, 0.3) is 21.8 Å². The third-order valence-electron chi connectivity index (χ3n) is 8.03. The number of hydrogen-bond acceptors (Lipinski definition) is 6. The van der Waals surface area contributed by atoms with Gasteiger partial charge < -0.3 is 5.11 Å². The van der Waals surface area contributed by atoms with E-state index in [1.807, 2.05) is 6.92 Å². The van der Waals surface area contributed by atoms with Crippen LogP contribution < -0.4 is 0 Å². The van der Waals surface area contributed by atoms with Crippen molar-refractivity contribution in [3.05, 3.63) is 123 Å². The van der Waals surface area contributed by atoms with Crippen molar-refractivity contribution in [3.8, 4) is 0 Å². The predicted octanol–water partition coefficient (Wildman–Crippen LogP) is 6.24. The lowest BCUT2D eigenvalue weighted by Crippen LogP contribution is -2.31. The molecule has 45 heavy (non-hydrogen) atoms. The number of benzene rings is 3. The smallest absolute Gasteiger partial charge is 0.374 e. The number of nitrogens with zero attached hydrogens (tertiary/aromatic N) is 5. The maximum absolute atomic E-state index is 13.1. The summed E-state index contributed by atoms with van der Waals surface area (Å²) in [6.07, 6.45) is 0.215. The summed E-state index contributed by atoms with van der Waals surface area (Å²) in [5.41, 5.74) is 1.15. The highest BCUT2D eigenvalue weighted by atomic mass is 35.5. The Morgan fingerprint density at radius 3 is 2.29 bits per heavy atom. The van der Waals surface area contributed by atoms with E-state index >= 15 is 0 Å². The van der Waals surface area contributed by atoms with E-state index in [-0.39, 0.29) is 17.7 Å². The molecule has 0 saturated heterocycles. The predicted molar refractivity (Wildman–Crippen MR) is 166 cm³/mol. The lowest BCUT2D eigenvalue weighted by atomic mass is 9.82. The lowest BCUT2D eigenvalue weighted by Gasteiger charge is -2.29. The van der Waals surface area contributed by atoms with Gasteiger partial charge in [-0.15, -0.1) is 5.10 Å². The van der Waals surface area contributed by atoms with Crippen LogP contribution in [-0.2, 0) is 41.7 Å². The van der Waals surface area contributed by atoms with Crippen molar-refractivity contribution < 1.29 is 26.7 Å². The Labute approximate surface area is 261 Å². The average molecular weight is 654 g/mol. The van der Waals surface area contributed by atoms with Gasteiger partial charge in [0.05, 0.1) is 39.8 Å². The first kappa shape index (κ1) is 30.8. The van der Waals surface area contributed by atoms with Crippen molar-refractivity contribution >= 4 is 43.4 Å². The first-order chi connectivity index (χ1) is 21.2.